The first-order chi connectivity index (χ1) is 15.7. The summed E-state index contributed by atoms with van der Waals surface area (Å²) in [6, 6.07) is 20.6. The molecule has 0 bridgehead atoms. The van der Waals surface area contributed by atoms with Gasteiger partial charge in [0.05, 0.1) is 0 Å². The molecule has 3 aliphatic rings. The van der Waals surface area contributed by atoms with Gasteiger partial charge in [-0.05, 0) is 24.3 Å². The molecule has 2 aromatic carbocycles. The number of halogens is 3. The van der Waals surface area contributed by atoms with Gasteiger partial charge in [0.25, 0.3) is 5.91 Å². The topological polar surface area (TPSA) is 82.0 Å². The number of benzene rings is 2. The predicted molar refractivity (Wildman–Crippen MR) is 115 cm³/mol. The molecule has 1 saturated carbocycles. The van der Waals surface area contributed by atoms with Crippen LogP contribution in [0, 0.1) is 11.8 Å². The van der Waals surface area contributed by atoms with E-state index in [1.54, 1.807) is 0 Å². The van der Waals surface area contributed by atoms with Crippen molar-refractivity contribution < 1.29 is 27.9 Å². The SMILES string of the molecule is O=C(O)C(F)(F)F.O=C1NC(c2ccccc2)=N[C@@]12CC[C@@H]1CN(Cc3ccccc3)C[C@@H]12. The van der Waals surface area contributed by atoms with Crippen molar-refractivity contribution in [2.75, 3.05) is 13.1 Å². The van der Waals surface area contributed by atoms with E-state index in [2.05, 4.69) is 40.5 Å². The molecule has 0 radical (unpaired) electrons. The molecule has 5 rings (SSSR count). The van der Waals surface area contributed by atoms with Crippen LogP contribution in [0.2, 0.25) is 0 Å². The van der Waals surface area contributed by atoms with Crippen molar-refractivity contribution >= 4 is 17.7 Å². The summed E-state index contributed by atoms with van der Waals surface area (Å²) in [6.45, 7) is 2.99. The van der Waals surface area contributed by atoms with Gasteiger partial charge in [0.2, 0.25) is 0 Å². The Morgan fingerprint density at radius 1 is 1.09 bits per heavy atom. The van der Waals surface area contributed by atoms with E-state index in [1.165, 1.54) is 5.56 Å². The van der Waals surface area contributed by atoms with E-state index in [1.807, 2.05) is 30.3 Å². The van der Waals surface area contributed by atoms with Crippen molar-refractivity contribution in [3.8, 4) is 0 Å². The Labute approximate surface area is 189 Å². The predicted octanol–water partition coefficient (Wildman–Crippen LogP) is 3.48. The Morgan fingerprint density at radius 2 is 1.70 bits per heavy atom. The van der Waals surface area contributed by atoms with Crippen LogP contribution < -0.4 is 5.32 Å². The molecule has 6 nitrogen and oxygen atoms in total. The van der Waals surface area contributed by atoms with Crippen molar-refractivity contribution in [2.24, 2.45) is 16.8 Å². The lowest BCUT2D eigenvalue weighted by Crippen LogP contribution is -2.44. The molecule has 1 aliphatic carbocycles. The van der Waals surface area contributed by atoms with Crippen LogP contribution >= 0.6 is 0 Å². The maximum absolute atomic E-state index is 12.9. The number of carbonyl (C=O) groups excluding carboxylic acids is 1. The van der Waals surface area contributed by atoms with Crippen LogP contribution in [-0.2, 0) is 16.1 Å². The van der Waals surface area contributed by atoms with Crippen molar-refractivity contribution in [3.63, 3.8) is 0 Å². The van der Waals surface area contributed by atoms with Gasteiger partial charge in [-0.3, -0.25) is 14.7 Å². The second-order valence-corrected chi connectivity index (χ2v) is 8.59. The van der Waals surface area contributed by atoms with Crippen molar-refractivity contribution in [1.82, 2.24) is 10.2 Å². The Bertz CT molecular complexity index is 1040. The number of aliphatic imine (C=N–C) groups is 1. The third kappa shape index (κ3) is 4.78. The molecule has 1 saturated heterocycles. The second kappa shape index (κ2) is 8.97. The normalized spacial score (nSPS) is 26.4. The Hall–Kier alpha value is -3.20. The zero-order valence-corrected chi connectivity index (χ0v) is 17.8. The average molecular weight is 459 g/mol. The summed E-state index contributed by atoms with van der Waals surface area (Å²) >= 11 is 0. The minimum absolute atomic E-state index is 0.102. The molecule has 0 aromatic heterocycles. The lowest BCUT2D eigenvalue weighted by Gasteiger charge is -2.25. The summed E-state index contributed by atoms with van der Waals surface area (Å²) in [5, 5.41) is 10.2. The quantitative estimate of drug-likeness (QED) is 0.737. The zero-order chi connectivity index (χ0) is 23.6. The number of nitrogens with one attached hydrogen (secondary N) is 1. The van der Waals surface area contributed by atoms with Crippen LogP contribution in [0.15, 0.2) is 65.7 Å². The summed E-state index contributed by atoms with van der Waals surface area (Å²) in [5.74, 6) is -1.01. The Balaban J connectivity index is 0.000000325. The first-order valence-electron chi connectivity index (χ1n) is 10.7. The van der Waals surface area contributed by atoms with Crippen LogP contribution in [0.3, 0.4) is 0 Å². The van der Waals surface area contributed by atoms with Crippen molar-refractivity contribution in [3.05, 3.63) is 71.8 Å². The molecule has 1 spiro atoms. The van der Waals surface area contributed by atoms with Gasteiger partial charge in [0.1, 0.15) is 11.4 Å². The third-order valence-corrected chi connectivity index (χ3v) is 6.50. The third-order valence-electron chi connectivity index (χ3n) is 6.50. The molecule has 2 heterocycles. The van der Waals surface area contributed by atoms with E-state index < -0.39 is 17.7 Å². The number of nitrogens with zero attached hydrogens (tertiary/aromatic N) is 2. The highest BCUT2D eigenvalue weighted by molar-refractivity contribution is 6.15. The zero-order valence-electron chi connectivity index (χ0n) is 17.8. The fourth-order valence-corrected chi connectivity index (χ4v) is 5.00. The number of carboxylic acid groups (broad SMARTS) is 1. The molecule has 2 fully saturated rings. The fourth-order valence-electron chi connectivity index (χ4n) is 5.00. The molecule has 174 valence electrons. The van der Waals surface area contributed by atoms with Gasteiger partial charge in [-0.15, -0.1) is 0 Å². The van der Waals surface area contributed by atoms with Gasteiger partial charge < -0.3 is 10.4 Å². The van der Waals surface area contributed by atoms with Crippen molar-refractivity contribution in [2.45, 2.75) is 31.1 Å². The van der Waals surface area contributed by atoms with Gasteiger partial charge in [-0.2, -0.15) is 13.2 Å². The van der Waals surface area contributed by atoms with Gasteiger partial charge >= 0.3 is 12.1 Å². The highest BCUT2D eigenvalue weighted by Gasteiger charge is 2.59. The first-order valence-corrected chi connectivity index (χ1v) is 10.7. The molecule has 9 heteroatoms. The molecule has 1 amide bonds. The maximum atomic E-state index is 12.9. The van der Waals surface area contributed by atoms with E-state index >= 15 is 0 Å². The summed E-state index contributed by atoms with van der Waals surface area (Å²) in [7, 11) is 0. The van der Waals surface area contributed by atoms with E-state index in [9.17, 15) is 18.0 Å². The minimum Gasteiger partial charge on any atom is -0.475 e. The molecule has 2 N–H and O–H groups in total. The largest absolute Gasteiger partial charge is 0.490 e. The summed E-state index contributed by atoms with van der Waals surface area (Å²) in [4.78, 5) is 29.3. The lowest BCUT2D eigenvalue weighted by atomic mass is 9.85. The van der Waals surface area contributed by atoms with E-state index in [0.717, 1.165) is 43.9 Å². The number of fused-ring (bicyclic) bond motifs is 2. The molecule has 2 aliphatic heterocycles. The van der Waals surface area contributed by atoms with Gasteiger partial charge in [-0.25, -0.2) is 4.79 Å². The maximum Gasteiger partial charge on any atom is 0.490 e. The van der Waals surface area contributed by atoms with Gasteiger partial charge in [-0.1, -0.05) is 60.7 Å². The molecule has 0 unspecified atom stereocenters. The highest BCUT2D eigenvalue weighted by atomic mass is 19.4. The van der Waals surface area contributed by atoms with Crippen LogP contribution in [0.25, 0.3) is 0 Å². The summed E-state index contributed by atoms with van der Waals surface area (Å²) in [5.41, 5.74) is 1.78. The number of aliphatic carboxylic acids is 1. The van der Waals surface area contributed by atoms with Crippen LogP contribution in [0.1, 0.15) is 24.0 Å². The molecule has 3 atom stereocenters. The molecular weight excluding hydrogens is 435 g/mol. The lowest BCUT2D eigenvalue weighted by molar-refractivity contribution is -0.192. The number of rotatable bonds is 3. The van der Waals surface area contributed by atoms with Gasteiger partial charge in [0.15, 0.2) is 0 Å². The molecular formula is C24H24F3N3O3. The van der Waals surface area contributed by atoms with E-state index in [0.29, 0.717) is 11.8 Å². The fraction of sp³-hybridized carbons (Fsp3) is 0.375. The number of carboxylic acids is 1. The highest BCUT2D eigenvalue weighted by Crippen LogP contribution is 2.49. The number of amides is 1. The average Bonchev–Trinajstić information content (AvgIpc) is 3.44. The smallest absolute Gasteiger partial charge is 0.475 e. The van der Waals surface area contributed by atoms with Crippen LogP contribution in [-0.4, -0.2) is 52.5 Å². The standard InChI is InChI=1S/C22H23N3O.C2HF3O2/c26-21-22(24-20(23-21)17-9-5-2-6-10-17)12-11-18-14-25(15-19(18)22)13-16-7-3-1-4-8-16;3-2(4,5)1(6)7/h1-10,18-19H,11-15H2,(H,23,24,26);(H,6,7)/t18-,19+,22-;/m1./s1. The number of hydrogen-bond acceptors (Lipinski definition) is 4. The summed E-state index contributed by atoms with van der Waals surface area (Å²) < 4.78 is 31.7. The molecule has 2 aromatic rings. The monoisotopic (exact) mass is 459 g/mol. The Kier molecular flexibility index (Phi) is 6.25. The van der Waals surface area contributed by atoms with Crippen LogP contribution in [0.4, 0.5) is 13.2 Å². The Morgan fingerprint density at radius 3 is 2.30 bits per heavy atom. The number of likely N-dealkylation sites (tertiary alicyclic amines) is 1. The number of hydrogen-bond donors (Lipinski definition) is 2. The van der Waals surface area contributed by atoms with Crippen LogP contribution in [0.5, 0.6) is 0 Å². The number of carbonyl (C=O) groups is 2. The van der Waals surface area contributed by atoms with E-state index in [4.69, 9.17) is 14.9 Å². The van der Waals surface area contributed by atoms with Crippen molar-refractivity contribution in [1.29, 1.82) is 0 Å². The first kappa shape index (κ1) is 23.0. The number of amidine groups is 1. The number of alkyl halides is 3. The van der Waals surface area contributed by atoms with Gasteiger partial charge in [0, 0.05) is 31.1 Å². The molecule has 33 heavy (non-hydrogen) atoms. The summed E-state index contributed by atoms with van der Waals surface area (Å²) in [6.07, 6.45) is -3.11. The minimum atomic E-state index is -5.08. The van der Waals surface area contributed by atoms with E-state index in [-0.39, 0.29) is 5.91 Å². The second-order valence-electron chi connectivity index (χ2n) is 8.59.